The number of carbonyl (C=O) groups excluding carboxylic acids is 3. The van der Waals surface area contributed by atoms with Gasteiger partial charge in [0.15, 0.2) is 0 Å². The maximum atomic E-state index is 14.6. The Hall–Kier alpha value is -3.81. The van der Waals surface area contributed by atoms with Crippen LogP contribution in [0.2, 0.25) is 5.02 Å². The molecule has 2 saturated heterocycles. The van der Waals surface area contributed by atoms with Crippen molar-refractivity contribution in [3.8, 4) is 5.75 Å². The van der Waals surface area contributed by atoms with Crippen LogP contribution in [0.25, 0.3) is 0 Å². The van der Waals surface area contributed by atoms with E-state index in [9.17, 15) is 18.6 Å². The van der Waals surface area contributed by atoms with Crippen molar-refractivity contribution in [3.05, 3.63) is 70.3 Å². The first kappa shape index (κ1) is 39.0. The molecule has 3 fully saturated rings. The molecule has 0 unspecified atom stereocenters. The van der Waals surface area contributed by atoms with Crippen LogP contribution >= 0.6 is 11.6 Å². The molecule has 2 aromatic carbocycles. The fourth-order valence-electron chi connectivity index (χ4n) is 9.54. The molecule has 8 rings (SSSR count). The number of benzene rings is 2. The van der Waals surface area contributed by atoms with Crippen LogP contribution < -0.4 is 14.4 Å². The molecule has 4 aliphatic heterocycles. The third-order valence-corrected chi connectivity index (χ3v) is 15.0. The van der Waals surface area contributed by atoms with Crippen LogP contribution in [-0.2, 0) is 31.2 Å². The Morgan fingerprint density at radius 1 is 1.04 bits per heavy atom. The van der Waals surface area contributed by atoms with E-state index in [1.165, 1.54) is 16.0 Å². The highest BCUT2D eigenvalue weighted by molar-refractivity contribution is 7.92. The van der Waals surface area contributed by atoms with E-state index in [1.807, 2.05) is 25.1 Å². The fourth-order valence-corrected chi connectivity index (χ4v) is 11.6. The minimum absolute atomic E-state index is 0.0220. The normalized spacial score (nSPS) is 31.3. The Bertz CT molecular complexity index is 1990. The van der Waals surface area contributed by atoms with Gasteiger partial charge in [-0.1, -0.05) is 36.7 Å². The summed E-state index contributed by atoms with van der Waals surface area (Å²) in [4.78, 5) is 45.8. The van der Waals surface area contributed by atoms with Crippen LogP contribution in [0.1, 0.15) is 79.8 Å². The molecule has 0 radical (unpaired) electrons. The van der Waals surface area contributed by atoms with Gasteiger partial charge in [-0.3, -0.25) is 9.52 Å². The van der Waals surface area contributed by atoms with Crippen molar-refractivity contribution in [2.75, 3.05) is 63.6 Å². The minimum Gasteiger partial charge on any atom is -0.490 e. The van der Waals surface area contributed by atoms with Crippen LogP contribution in [0.4, 0.5) is 15.3 Å². The SMILES string of the molecule is CO[C@H]1/C=C/C[C@H](C)C[S@@](=O)(NC(=O)N2CC(OC(=O)N3CCCCC3)C2)=NC(=O)c2ccc3c(c2)N(C[C@@H]2CC[C@H]21)C[C@@]1(CCCc2cc(Cl)ccc21)CO3. The number of nitrogens with zero attached hydrogens (tertiary/aromatic N) is 4. The molecule has 302 valence electrons. The van der Waals surface area contributed by atoms with E-state index in [2.05, 4.69) is 38.3 Å². The van der Waals surface area contributed by atoms with E-state index in [-0.39, 0.29) is 47.9 Å². The summed E-state index contributed by atoms with van der Waals surface area (Å²) in [6, 6.07) is 10.9. The number of urea groups is 1. The maximum absolute atomic E-state index is 14.6. The van der Waals surface area contributed by atoms with Gasteiger partial charge in [0.25, 0.3) is 5.91 Å². The number of carbonyl (C=O) groups is 3. The van der Waals surface area contributed by atoms with Gasteiger partial charge < -0.3 is 28.9 Å². The van der Waals surface area contributed by atoms with Gasteiger partial charge in [-0.05, 0) is 117 Å². The number of allylic oxidation sites excluding steroid dienone is 1. The maximum Gasteiger partial charge on any atom is 0.410 e. The van der Waals surface area contributed by atoms with Gasteiger partial charge in [-0.15, -0.1) is 4.36 Å². The van der Waals surface area contributed by atoms with Crippen molar-refractivity contribution < 1.29 is 32.8 Å². The van der Waals surface area contributed by atoms with Crippen LogP contribution in [0, 0.1) is 17.8 Å². The summed E-state index contributed by atoms with van der Waals surface area (Å²) in [6.07, 6.45) is 12.0. The smallest absolute Gasteiger partial charge is 0.410 e. The summed E-state index contributed by atoms with van der Waals surface area (Å²) >= 11 is 6.47. The van der Waals surface area contributed by atoms with E-state index in [1.54, 1.807) is 18.1 Å². The van der Waals surface area contributed by atoms with Crippen LogP contribution in [0.15, 0.2) is 52.9 Å². The number of likely N-dealkylation sites (tertiary alicyclic amines) is 2. The standard InChI is InChI=1S/C42H54ClN5O7S/c1-28-8-6-10-37(53-2)34-14-11-31(34)22-48-26-42(17-7-9-29-20-32(43)13-15-35(29)42)27-54-38-16-12-30(21-36(38)48)39(49)44-56(52,25-28)45-40(50)47-23-33(24-47)55-41(51)46-18-4-3-5-19-46/h6,10,12-13,15-16,20-21,28,31,33-34,37H,3-5,7-9,11,14,17-19,22-27H2,1-2H3,(H,44,45,49,50,52)/b10-6+/t28-,31-,34+,37-,42-,56-/m0/s1. The number of hydrogen-bond acceptors (Lipinski definition) is 8. The Balaban J connectivity index is 1.08. The van der Waals surface area contributed by atoms with Gasteiger partial charge in [0, 0.05) is 49.3 Å². The molecule has 1 N–H and O–H groups in total. The topological polar surface area (TPSA) is 130 Å². The quantitative estimate of drug-likeness (QED) is 0.329. The van der Waals surface area contributed by atoms with Crippen LogP contribution in [0.5, 0.6) is 5.75 Å². The molecule has 0 aromatic heterocycles. The second-order valence-electron chi connectivity index (χ2n) is 16.8. The highest BCUT2D eigenvalue weighted by Crippen LogP contribution is 2.47. The molecule has 4 heterocycles. The summed E-state index contributed by atoms with van der Waals surface area (Å²) in [5.41, 5.74) is 3.33. The van der Waals surface area contributed by atoms with E-state index in [0.717, 1.165) is 68.6 Å². The van der Waals surface area contributed by atoms with Crippen molar-refractivity contribution in [2.24, 2.45) is 22.1 Å². The Kier molecular flexibility index (Phi) is 11.3. The molecule has 4 amide bonds. The lowest BCUT2D eigenvalue weighted by atomic mass is 9.68. The van der Waals surface area contributed by atoms with Crippen molar-refractivity contribution >= 4 is 45.2 Å². The van der Waals surface area contributed by atoms with Gasteiger partial charge in [-0.2, -0.15) is 0 Å². The number of rotatable bonds is 3. The van der Waals surface area contributed by atoms with E-state index >= 15 is 0 Å². The monoisotopic (exact) mass is 807 g/mol. The zero-order valence-corrected chi connectivity index (χ0v) is 34.0. The average molecular weight is 808 g/mol. The number of hydrogen-bond donors (Lipinski definition) is 1. The summed E-state index contributed by atoms with van der Waals surface area (Å²) in [5, 5.41) is 0.733. The average Bonchev–Trinajstić information content (AvgIpc) is 3.30. The number of piperidine rings is 1. The molecule has 1 spiro atoms. The molecule has 2 aromatic rings. The van der Waals surface area contributed by atoms with Crippen LogP contribution in [0.3, 0.4) is 0 Å². The lowest BCUT2D eigenvalue weighted by molar-refractivity contribution is -0.00967. The summed E-state index contributed by atoms with van der Waals surface area (Å²) < 4.78 is 39.9. The van der Waals surface area contributed by atoms with E-state index in [0.29, 0.717) is 50.2 Å². The Labute approximate surface area is 335 Å². The molecule has 14 heteroatoms. The van der Waals surface area contributed by atoms with Crippen molar-refractivity contribution in [1.82, 2.24) is 14.5 Å². The number of methoxy groups -OCH3 is 1. The van der Waals surface area contributed by atoms with Crippen molar-refractivity contribution in [3.63, 3.8) is 0 Å². The summed E-state index contributed by atoms with van der Waals surface area (Å²) in [5.74, 6) is 0.527. The highest BCUT2D eigenvalue weighted by Gasteiger charge is 2.45. The summed E-state index contributed by atoms with van der Waals surface area (Å²) in [6.45, 7) is 5.60. The molecular weight excluding hydrogens is 754 g/mol. The van der Waals surface area contributed by atoms with Gasteiger partial charge in [0.2, 0.25) is 0 Å². The fraction of sp³-hybridized carbons (Fsp3) is 0.595. The largest absolute Gasteiger partial charge is 0.490 e. The second kappa shape index (κ2) is 16.2. The van der Waals surface area contributed by atoms with Gasteiger partial charge in [0.1, 0.15) is 21.8 Å². The molecule has 56 heavy (non-hydrogen) atoms. The molecule has 6 atom stereocenters. The van der Waals surface area contributed by atoms with Crippen molar-refractivity contribution in [1.29, 1.82) is 0 Å². The molecule has 2 bridgehead atoms. The molecular formula is C42H54ClN5O7S. The van der Waals surface area contributed by atoms with Gasteiger partial charge in [-0.25, -0.2) is 13.8 Å². The third-order valence-electron chi connectivity index (χ3n) is 12.8. The third kappa shape index (κ3) is 8.13. The number of aryl methyl sites for hydroxylation is 1. The minimum atomic E-state index is -3.57. The predicted molar refractivity (Wildman–Crippen MR) is 216 cm³/mol. The van der Waals surface area contributed by atoms with Crippen molar-refractivity contribution in [2.45, 2.75) is 82.3 Å². The Morgan fingerprint density at radius 2 is 1.86 bits per heavy atom. The molecule has 12 nitrogen and oxygen atoms in total. The first-order valence-electron chi connectivity index (χ1n) is 20.3. The second-order valence-corrected chi connectivity index (χ2v) is 19.3. The lowest BCUT2D eigenvalue weighted by Gasteiger charge is -2.46. The molecule has 1 saturated carbocycles. The number of amides is 4. The highest BCUT2D eigenvalue weighted by atomic mass is 35.5. The Morgan fingerprint density at radius 3 is 2.62 bits per heavy atom. The molecule has 6 aliphatic rings. The van der Waals surface area contributed by atoms with Gasteiger partial charge >= 0.3 is 12.1 Å². The lowest BCUT2D eigenvalue weighted by Crippen LogP contribution is -2.59. The number of nitrogens with one attached hydrogen (secondary N) is 1. The number of ether oxygens (including phenoxy) is 3. The summed E-state index contributed by atoms with van der Waals surface area (Å²) in [7, 11) is -1.82. The van der Waals surface area contributed by atoms with Gasteiger partial charge in [0.05, 0.1) is 37.2 Å². The number of anilines is 1. The molecule has 2 aliphatic carbocycles. The number of halogens is 1. The zero-order chi connectivity index (χ0) is 39.0. The van der Waals surface area contributed by atoms with E-state index in [4.69, 9.17) is 25.8 Å². The first-order valence-corrected chi connectivity index (χ1v) is 22.4. The van der Waals surface area contributed by atoms with Crippen LogP contribution in [-0.4, -0.2) is 103 Å². The van der Waals surface area contributed by atoms with E-state index < -0.39 is 28.0 Å². The first-order chi connectivity index (χ1) is 27.0. The number of fused-ring (bicyclic) bond motifs is 4. The predicted octanol–water partition coefficient (Wildman–Crippen LogP) is 6.99. The zero-order valence-electron chi connectivity index (χ0n) is 32.5.